The molecule has 3 aromatic rings. The van der Waals surface area contributed by atoms with E-state index in [1.165, 1.54) is 6.39 Å². The van der Waals surface area contributed by atoms with Gasteiger partial charge in [0.2, 0.25) is 5.76 Å². The third kappa shape index (κ3) is 2.83. The van der Waals surface area contributed by atoms with Crippen LogP contribution in [0.5, 0.6) is 0 Å². The topological polar surface area (TPSA) is 68.3 Å². The van der Waals surface area contributed by atoms with Gasteiger partial charge < -0.3 is 14.2 Å². The fourth-order valence-electron chi connectivity index (χ4n) is 1.90. The minimum absolute atomic E-state index is 0.157. The molecule has 0 radical (unpaired) electrons. The molecule has 1 amide bonds. The second kappa shape index (κ2) is 5.46. The van der Waals surface area contributed by atoms with Crippen LogP contribution in [0.4, 0.5) is 5.69 Å². The molecule has 0 saturated carbocycles. The molecular weight excluding hydrogens is 292 g/mol. The first-order valence-electron chi connectivity index (χ1n) is 6.21. The van der Waals surface area contributed by atoms with Crippen LogP contribution >= 0.6 is 11.6 Å². The van der Waals surface area contributed by atoms with Gasteiger partial charge in [-0.3, -0.25) is 4.79 Å². The first-order valence-corrected chi connectivity index (χ1v) is 6.58. The summed E-state index contributed by atoms with van der Waals surface area (Å²) < 4.78 is 10.7. The SMILES string of the molecule is Cc1ccc(-c2ocnc2C(=O)Nc2cccc(Cl)c2)o1. The Morgan fingerprint density at radius 2 is 2.14 bits per heavy atom. The van der Waals surface area contributed by atoms with Gasteiger partial charge >= 0.3 is 0 Å². The maximum atomic E-state index is 12.3. The fraction of sp³-hybridized carbons (Fsp3) is 0.0667. The Hall–Kier alpha value is -2.53. The van der Waals surface area contributed by atoms with E-state index >= 15 is 0 Å². The fourth-order valence-corrected chi connectivity index (χ4v) is 2.09. The van der Waals surface area contributed by atoms with Gasteiger partial charge in [-0.2, -0.15) is 0 Å². The number of rotatable bonds is 3. The molecule has 3 rings (SSSR count). The van der Waals surface area contributed by atoms with Gasteiger partial charge in [-0.1, -0.05) is 17.7 Å². The van der Waals surface area contributed by atoms with E-state index in [9.17, 15) is 4.79 Å². The summed E-state index contributed by atoms with van der Waals surface area (Å²) in [5.41, 5.74) is 0.737. The van der Waals surface area contributed by atoms with E-state index in [1.807, 2.05) is 6.92 Å². The number of aromatic nitrogens is 1. The van der Waals surface area contributed by atoms with Crippen molar-refractivity contribution in [2.75, 3.05) is 5.32 Å². The predicted octanol–water partition coefficient (Wildman–Crippen LogP) is 4.15. The van der Waals surface area contributed by atoms with E-state index in [2.05, 4.69) is 10.3 Å². The Kier molecular flexibility index (Phi) is 3.50. The van der Waals surface area contributed by atoms with Gasteiger partial charge in [-0.15, -0.1) is 0 Å². The summed E-state index contributed by atoms with van der Waals surface area (Å²) in [6, 6.07) is 10.4. The Morgan fingerprint density at radius 1 is 1.29 bits per heavy atom. The minimum atomic E-state index is -0.393. The van der Waals surface area contributed by atoms with E-state index in [-0.39, 0.29) is 5.69 Å². The molecule has 106 valence electrons. The van der Waals surface area contributed by atoms with Crippen molar-refractivity contribution in [3.63, 3.8) is 0 Å². The van der Waals surface area contributed by atoms with Gasteiger partial charge in [0.25, 0.3) is 5.91 Å². The predicted molar refractivity (Wildman–Crippen MR) is 78.3 cm³/mol. The smallest absolute Gasteiger partial charge is 0.278 e. The first-order chi connectivity index (χ1) is 10.1. The molecule has 21 heavy (non-hydrogen) atoms. The van der Waals surface area contributed by atoms with E-state index in [1.54, 1.807) is 36.4 Å². The molecule has 0 fully saturated rings. The highest BCUT2D eigenvalue weighted by atomic mass is 35.5. The van der Waals surface area contributed by atoms with Crippen molar-refractivity contribution in [2.45, 2.75) is 6.92 Å². The molecule has 0 aliphatic rings. The summed E-state index contributed by atoms with van der Waals surface area (Å²) in [6.07, 6.45) is 1.21. The molecule has 1 aromatic carbocycles. The quantitative estimate of drug-likeness (QED) is 0.789. The van der Waals surface area contributed by atoms with Crippen LogP contribution in [0.2, 0.25) is 5.02 Å². The second-order valence-corrected chi connectivity index (χ2v) is 4.84. The summed E-state index contributed by atoms with van der Waals surface area (Å²) in [6.45, 7) is 1.81. The molecule has 0 spiro atoms. The number of carbonyl (C=O) groups is 1. The Labute approximate surface area is 125 Å². The van der Waals surface area contributed by atoms with Crippen LogP contribution < -0.4 is 5.32 Å². The average Bonchev–Trinajstić information content (AvgIpc) is 3.06. The van der Waals surface area contributed by atoms with Gasteiger partial charge in [0.05, 0.1) is 0 Å². The zero-order valence-electron chi connectivity index (χ0n) is 11.1. The number of hydrogen-bond acceptors (Lipinski definition) is 4. The normalized spacial score (nSPS) is 10.6. The van der Waals surface area contributed by atoms with Crippen molar-refractivity contribution in [1.82, 2.24) is 4.98 Å². The second-order valence-electron chi connectivity index (χ2n) is 4.40. The number of furan rings is 1. The van der Waals surface area contributed by atoms with Crippen LogP contribution in [0.15, 0.2) is 51.6 Å². The third-order valence-electron chi connectivity index (χ3n) is 2.83. The van der Waals surface area contributed by atoms with Crippen molar-refractivity contribution in [1.29, 1.82) is 0 Å². The summed E-state index contributed by atoms with van der Waals surface area (Å²) in [5, 5.41) is 3.25. The van der Waals surface area contributed by atoms with Crippen LogP contribution in [0.25, 0.3) is 11.5 Å². The number of carbonyl (C=O) groups excluding carboxylic acids is 1. The van der Waals surface area contributed by atoms with Crippen molar-refractivity contribution in [3.05, 3.63) is 59.3 Å². The molecule has 2 heterocycles. The molecule has 0 bridgehead atoms. The van der Waals surface area contributed by atoms with Crippen molar-refractivity contribution in [2.24, 2.45) is 0 Å². The average molecular weight is 303 g/mol. The standard InChI is InChI=1S/C15H11ClN2O3/c1-9-5-6-12(21-9)14-13(17-8-20-14)15(19)18-11-4-2-3-10(16)7-11/h2-8H,1H3,(H,18,19). The number of aryl methyl sites for hydroxylation is 1. The molecular formula is C15H11ClN2O3. The number of anilines is 1. The van der Waals surface area contributed by atoms with Gasteiger partial charge in [0.1, 0.15) is 5.76 Å². The zero-order valence-corrected chi connectivity index (χ0v) is 11.8. The number of amides is 1. The van der Waals surface area contributed by atoms with Crippen LogP contribution in [0, 0.1) is 6.92 Å². The van der Waals surface area contributed by atoms with E-state index in [0.717, 1.165) is 5.76 Å². The molecule has 5 nitrogen and oxygen atoms in total. The highest BCUT2D eigenvalue weighted by Crippen LogP contribution is 2.26. The molecule has 0 aliphatic carbocycles. The van der Waals surface area contributed by atoms with Crippen LogP contribution in [-0.2, 0) is 0 Å². The molecule has 1 N–H and O–H groups in total. The molecule has 0 aliphatic heterocycles. The lowest BCUT2D eigenvalue weighted by Crippen LogP contribution is -2.13. The lowest BCUT2D eigenvalue weighted by Gasteiger charge is -2.04. The van der Waals surface area contributed by atoms with E-state index in [0.29, 0.717) is 22.2 Å². The molecule has 2 aromatic heterocycles. The number of halogens is 1. The van der Waals surface area contributed by atoms with Crippen molar-refractivity contribution < 1.29 is 13.6 Å². The van der Waals surface area contributed by atoms with E-state index in [4.69, 9.17) is 20.4 Å². The Balaban J connectivity index is 1.88. The monoisotopic (exact) mass is 302 g/mol. The number of nitrogens with zero attached hydrogens (tertiary/aromatic N) is 1. The van der Waals surface area contributed by atoms with Gasteiger partial charge in [-0.25, -0.2) is 4.98 Å². The largest absolute Gasteiger partial charge is 0.458 e. The molecule has 0 atom stereocenters. The van der Waals surface area contributed by atoms with Crippen LogP contribution in [0.3, 0.4) is 0 Å². The lowest BCUT2D eigenvalue weighted by molar-refractivity contribution is 0.102. The summed E-state index contributed by atoms with van der Waals surface area (Å²) in [4.78, 5) is 16.2. The Bertz CT molecular complexity index is 792. The van der Waals surface area contributed by atoms with Gasteiger partial charge in [0, 0.05) is 10.7 Å². The number of hydrogen-bond donors (Lipinski definition) is 1. The highest BCUT2D eigenvalue weighted by Gasteiger charge is 2.20. The summed E-state index contributed by atoms with van der Waals surface area (Å²) in [7, 11) is 0. The number of benzene rings is 1. The third-order valence-corrected chi connectivity index (χ3v) is 3.06. The summed E-state index contributed by atoms with van der Waals surface area (Å²) >= 11 is 5.88. The van der Waals surface area contributed by atoms with Crippen molar-refractivity contribution >= 4 is 23.2 Å². The summed E-state index contributed by atoms with van der Waals surface area (Å²) in [5.74, 6) is 1.08. The number of oxazole rings is 1. The van der Waals surface area contributed by atoms with Gasteiger partial charge in [-0.05, 0) is 37.3 Å². The van der Waals surface area contributed by atoms with Gasteiger partial charge in [0.15, 0.2) is 17.8 Å². The molecule has 0 saturated heterocycles. The first kappa shape index (κ1) is 13.5. The van der Waals surface area contributed by atoms with E-state index < -0.39 is 5.91 Å². The highest BCUT2D eigenvalue weighted by molar-refractivity contribution is 6.31. The zero-order chi connectivity index (χ0) is 14.8. The Morgan fingerprint density at radius 3 is 2.86 bits per heavy atom. The minimum Gasteiger partial charge on any atom is -0.458 e. The lowest BCUT2D eigenvalue weighted by atomic mass is 10.2. The maximum Gasteiger partial charge on any atom is 0.278 e. The molecule has 6 heteroatoms. The maximum absolute atomic E-state index is 12.3. The van der Waals surface area contributed by atoms with Crippen LogP contribution in [0.1, 0.15) is 16.2 Å². The molecule has 0 unspecified atom stereocenters. The van der Waals surface area contributed by atoms with Crippen molar-refractivity contribution in [3.8, 4) is 11.5 Å². The number of nitrogens with one attached hydrogen (secondary N) is 1. The van der Waals surface area contributed by atoms with Crippen LogP contribution in [-0.4, -0.2) is 10.9 Å².